The molecule has 1 aromatic carbocycles. The SMILES string of the molecule is Cc1ccc(C(C)C)cc1OCC(C)(N)C(N)=O. The quantitative estimate of drug-likeness (QED) is 0.834. The van der Waals surface area contributed by atoms with Crippen molar-refractivity contribution in [3.05, 3.63) is 29.3 Å². The molecule has 4 heteroatoms. The highest BCUT2D eigenvalue weighted by Gasteiger charge is 2.26. The van der Waals surface area contributed by atoms with Gasteiger partial charge < -0.3 is 16.2 Å². The van der Waals surface area contributed by atoms with Crippen molar-refractivity contribution in [3.63, 3.8) is 0 Å². The van der Waals surface area contributed by atoms with Crippen LogP contribution in [0, 0.1) is 6.92 Å². The van der Waals surface area contributed by atoms with Gasteiger partial charge >= 0.3 is 0 Å². The van der Waals surface area contributed by atoms with Crippen LogP contribution in [0.4, 0.5) is 0 Å². The van der Waals surface area contributed by atoms with Gasteiger partial charge in [-0.1, -0.05) is 26.0 Å². The third kappa shape index (κ3) is 3.47. The van der Waals surface area contributed by atoms with E-state index in [9.17, 15) is 4.79 Å². The lowest BCUT2D eigenvalue weighted by molar-refractivity contribution is -0.123. The molecule has 0 bridgehead atoms. The van der Waals surface area contributed by atoms with Gasteiger partial charge in [-0.2, -0.15) is 0 Å². The Hall–Kier alpha value is -1.55. The lowest BCUT2D eigenvalue weighted by Crippen LogP contribution is -2.53. The van der Waals surface area contributed by atoms with Gasteiger partial charge in [-0.05, 0) is 37.0 Å². The van der Waals surface area contributed by atoms with Crippen LogP contribution in [-0.2, 0) is 4.79 Å². The van der Waals surface area contributed by atoms with E-state index in [1.165, 1.54) is 5.56 Å². The molecule has 0 fully saturated rings. The number of amides is 1. The third-order valence-corrected chi connectivity index (χ3v) is 2.97. The smallest absolute Gasteiger partial charge is 0.240 e. The van der Waals surface area contributed by atoms with Gasteiger partial charge in [-0.3, -0.25) is 4.79 Å². The molecule has 1 atom stereocenters. The molecule has 1 amide bonds. The number of aryl methyl sites for hydroxylation is 1. The number of hydrogen-bond donors (Lipinski definition) is 2. The van der Waals surface area contributed by atoms with Crippen LogP contribution in [-0.4, -0.2) is 18.1 Å². The first-order valence-corrected chi connectivity index (χ1v) is 6.06. The van der Waals surface area contributed by atoms with Gasteiger partial charge in [0.2, 0.25) is 5.91 Å². The maximum Gasteiger partial charge on any atom is 0.240 e. The Kier molecular flexibility index (Phi) is 4.35. The van der Waals surface area contributed by atoms with Gasteiger partial charge in [-0.15, -0.1) is 0 Å². The summed E-state index contributed by atoms with van der Waals surface area (Å²) >= 11 is 0. The normalized spacial score (nSPS) is 14.3. The van der Waals surface area contributed by atoms with Crippen molar-refractivity contribution >= 4 is 5.91 Å². The van der Waals surface area contributed by atoms with Gasteiger partial charge in [-0.25, -0.2) is 0 Å². The summed E-state index contributed by atoms with van der Waals surface area (Å²) in [6, 6.07) is 6.06. The minimum Gasteiger partial charge on any atom is -0.491 e. The first kappa shape index (κ1) is 14.5. The fourth-order valence-electron chi connectivity index (χ4n) is 1.43. The summed E-state index contributed by atoms with van der Waals surface area (Å²) < 4.78 is 5.63. The maximum atomic E-state index is 11.1. The van der Waals surface area contributed by atoms with E-state index in [1.807, 2.05) is 19.1 Å². The van der Waals surface area contributed by atoms with E-state index in [0.717, 1.165) is 11.3 Å². The molecular formula is C14H22N2O2. The molecular weight excluding hydrogens is 228 g/mol. The highest BCUT2D eigenvalue weighted by molar-refractivity contribution is 5.84. The Morgan fingerprint density at radius 3 is 2.56 bits per heavy atom. The van der Waals surface area contributed by atoms with E-state index in [2.05, 4.69) is 19.9 Å². The van der Waals surface area contributed by atoms with Crippen molar-refractivity contribution in [2.45, 2.75) is 39.2 Å². The maximum absolute atomic E-state index is 11.1. The van der Waals surface area contributed by atoms with Crippen molar-refractivity contribution in [2.24, 2.45) is 11.5 Å². The monoisotopic (exact) mass is 250 g/mol. The summed E-state index contributed by atoms with van der Waals surface area (Å²) in [5.41, 5.74) is 12.0. The van der Waals surface area contributed by atoms with Gasteiger partial charge in [0.05, 0.1) is 0 Å². The zero-order valence-electron chi connectivity index (χ0n) is 11.5. The average Bonchev–Trinajstić information content (AvgIpc) is 2.27. The summed E-state index contributed by atoms with van der Waals surface area (Å²) in [5.74, 6) is 0.604. The molecule has 0 saturated carbocycles. The summed E-state index contributed by atoms with van der Waals surface area (Å²) in [4.78, 5) is 11.1. The van der Waals surface area contributed by atoms with Crippen molar-refractivity contribution in [3.8, 4) is 5.75 Å². The van der Waals surface area contributed by atoms with E-state index in [-0.39, 0.29) is 6.61 Å². The number of nitrogens with two attached hydrogens (primary N) is 2. The number of carbonyl (C=O) groups is 1. The summed E-state index contributed by atoms with van der Waals surface area (Å²) in [6.07, 6.45) is 0. The first-order valence-electron chi connectivity index (χ1n) is 6.06. The minimum absolute atomic E-state index is 0.0741. The van der Waals surface area contributed by atoms with Crippen LogP contribution in [0.1, 0.15) is 37.8 Å². The molecule has 100 valence electrons. The van der Waals surface area contributed by atoms with Gasteiger partial charge in [0, 0.05) is 0 Å². The Morgan fingerprint density at radius 2 is 2.06 bits per heavy atom. The van der Waals surface area contributed by atoms with E-state index >= 15 is 0 Å². The molecule has 1 aromatic rings. The molecule has 0 radical (unpaired) electrons. The molecule has 0 aliphatic carbocycles. The Labute approximate surface area is 108 Å². The van der Waals surface area contributed by atoms with Crippen molar-refractivity contribution in [1.82, 2.24) is 0 Å². The molecule has 1 unspecified atom stereocenters. The molecule has 1 rings (SSSR count). The van der Waals surface area contributed by atoms with Crippen molar-refractivity contribution < 1.29 is 9.53 Å². The fourth-order valence-corrected chi connectivity index (χ4v) is 1.43. The average molecular weight is 250 g/mol. The van der Waals surface area contributed by atoms with Crippen LogP contribution in [0.15, 0.2) is 18.2 Å². The lowest BCUT2D eigenvalue weighted by Gasteiger charge is -2.22. The number of rotatable bonds is 5. The molecule has 0 aliphatic heterocycles. The topological polar surface area (TPSA) is 78.3 Å². The number of carbonyl (C=O) groups excluding carboxylic acids is 1. The van der Waals surface area contributed by atoms with Gasteiger partial charge in [0.25, 0.3) is 0 Å². The molecule has 18 heavy (non-hydrogen) atoms. The molecule has 0 spiro atoms. The Bertz CT molecular complexity index is 439. The second kappa shape index (κ2) is 5.40. The largest absolute Gasteiger partial charge is 0.491 e. The zero-order valence-corrected chi connectivity index (χ0v) is 11.5. The predicted molar refractivity (Wildman–Crippen MR) is 72.5 cm³/mol. The van der Waals surface area contributed by atoms with Crippen LogP contribution in [0.25, 0.3) is 0 Å². The van der Waals surface area contributed by atoms with Crippen LogP contribution in [0.2, 0.25) is 0 Å². The molecule has 4 nitrogen and oxygen atoms in total. The molecule has 0 aromatic heterocycles. The van der Waals surface area contributed by atoms with Crippen molar-refractivity contribution in [2.75, 3.05) is 6.61 Å². The Morgan fingerprint density at radius 1 is 1.44 bits per heavy atom. The minimum atomic E-state index is -1.15. The van der Waals surface area contributed by atoms with E-state index in [4.69, 9.17) is 16.2 Å². The summed E-state index contributed by atoms with van der Waals surface area (Å²) in [5, 5.41) is 0. The molecule has 4 N–H and O–H groups in total. The van der Waals surface area contributed by atoms with Crippen LogP contribution < -0.4 is 16.2 Å². The van der Waals surface area contributed by atoms with E-state index in [0.29, 0.717) is 5.92 Å². The first-order chi connectivity index (χ1) is 8.24. The third-order valence-electron chi connectivity index (χ3n) is 2.97. The second-order valence-corrected chi connectivity index (χ2v) is 5.25. The second-order valence-electron chi connectivity index (χ2n) is 5.25. The lowest BCUT2D eigenvalue weighted by atomic mass is 10.0. The Balaban J connectivity index is 2.84. The standard InChI is InChI=1S/C14H22N2O2/c1-9(2)11-6-5-10(3)12(7-11)18-8-14(4,16)13(15)17/h5-7,9H,8,16H2,1-4H3,(H2,15,17). The van der Waals surface area contributed by atoms with Crippen molar-refractivity contribution in [1.29, 1.82) is 0 Å². The molecule has 0 saturated heterocycles. The van der Waals surface area contributed by atoms with Crippen LogP contribution in [0.3, 0.4) is 0 Å². The van der Waals surface area contributed by atoms with Gasteiger partial charge in [0.1, 0.15) is 17.9 Å². The number of hydrogen-bond acceptors (Lipinski definition) is 3. The number of ether oxygens (including phenoxy) is 1. The summed E-state index contributed by atoms with van der Waals surface area (Å²) in [7, 11) is 0. The molecule has 0 heterocycles. The molecule has 0 aliphatic rings. The fraction of sp³-hybridized carbons (Fsp3) is 0.500. The number of primary amides is 1. The highest BCUT2D eigenvalue weighted by atomic mass is 16.5. The number of benzene rings is 1. The van der Waals surface area contributed by atoms with E-state index < -0.39 is 11.4 Å². The highest BCUT2D eigenvalue weighted by Crippen LogP contribution is 2.24. The zero-order chi connectivity index (χ0) is 13.9. The van der Waals surface area contributed by atoms with Crippen LogP contribution >= 0.6 is 0 Å². The summed E-state index contributed by atoms with van der Waals surface area (Å²) in [6.45, 7) is 7.83. The van der Waals surface area contributed by atoms with E-state index in [1.54, 1.807) is 6.92 Å². The van der Waals surface area contributed by atoms with Crippen LogP contribution in [0.5, 0.6) is 5.75 Å². The predicted octanol–water partition coefficient (Wildman–Crippen LogP) is 1.70. The van der Waals surface area contributed by atoms with Gasteiger partial charge in [0.15, 0.2) is 0 Å².